The molecule has 5 nitrogen and oxygen atoms in total. The zero-order valence-corrected chi connectivity index (χ0v) is 12.3. The third kappa shape index (κ3) is 4.04. The van der Waals surface area contributed by atoms with Crippen LogP contribution in [0.15, 0.2) is 30.3 Å². The number of carbonyl (C=O) groups excluding carboxylic acids is 1. The summed E-state index contributed by atoms with van der Waals surface area (Å²) in [5, 5.41) is 15.1. The van der Waals surface area contributed by atoms with Crippen LogP contribution < -0.4 is 10.6 Å². The van der Waals surface area contributed by atoms with Crippen LogP contribution in [0.1, 0.15) is 37.8 Å². The highest BCUT2D eigenvalue weighted by molar-refractivity contribution is 5.83. The Morgan fingerprint density at radius 3 is 2.67 bits per heavy atom. The van der Waals surface area contributed by atoms with Crippen molar-refractivity contribution in [2.24, 2.45) is 5.41 Å². The fourth-order valence-corrected chi connectivity index (χ4v) is 2.62. The summed E-state index contributed by atoms with van der Waals surface area (Å²) >= 11 is 0. The molecule has 1 heterocycles. The van der Waals surface area contributed by atoms with Crippen molar-refractivity contribution in [3.8, 4) is 0 Å². The van der Waals surface area contributed by atoms with Crippen LogP contribution in [0.5, 0.6) is 0 Å². The average Bonchev–Trinajstić information content (AvgIpc) is 2.92. The Morgan fingerprint density at radius 1 is 1.38 bits per heavy atom. The minimum absolute atomic E-state index is 0.00765. The van der Waals surface area contributed by atoms with Crippen molar-refractivity contribution in [2.75, 3.05) is 13.1 Å². The van der Waals surface area contributed by atoms with Gasteiger partial charge in [-0.3, -0.25) is 9.59 Å². The molecule has 0 aromatic heterocycles. The van der Waals surface area contributed by atoms with Crippen LogP contribution in [-0.2, 0) is 9.59 Å². The first-order chi connectivity index (χ1) is 10.0. The second-order valence-corrected chi connectivity index (χ2v) is 5.86. The minimum atomic E-state index is -0.848. The molecule has 1 fully saturated rings. The van der Waals surface area contributed by atoms with Crippen LogP contribution in [0.3, 0.4) is 0 Å². The lowest BCUT2D eigenvalue weighted by atomic mass is 9.88. The van der Waals surface area contributed by atoms with Gasteiger partial charge in [-0.25, -0.2) is 0 Å². The van der Waals surface area contributed by atoms with Gasteiger partial charge in [0.15, 0.2) is 0 Å². The van der Waals surface area contributed by atoms with Crippen molar-refractivity contribution in [2.45, 2.75) is 32.2 Å². The molecule has 1 aromatic carbocycles. The van der Waals surface area contributed by atoms with Crippen molar-refractivity contribution in [1.82, 2.24) is 10.6 Å². The summed E-state index contributed by atoms with van der Waals surface area (Å²) in [5.74, 6) is -0.856. The molecule has 1 aromatic rings. The van der Waals surface area contributed by atoms with Crippen molar-refractivity contribution >= 4 is 11.9 Å². The van der Waals surface area contributed by atoms with Crippen molar-refractivity contribution in [3.63, 3.8) is 0 Å². The number of rotatable bonds is 6. The van der Waals surface area contributed by atoms with E-state index in [4.69, 9.17) is 5.11 Å². The van der Waals surface area contributed by atoms with Gasteiger partial charge in [0.2, 0.25) is 5.91 Å². The molecule has 5 heteroatoms. The van der Waals surface area contributed by atoms with Crippen LogP contribution in [0.25, 0.3) is 0 Å². The molecule has 1 aliphatic rings. The van der Waals surface area contributed by atoms with Gasteiger partial charge >= 0.3 is 5.97 Å². The van der Waals surface area contributed by atoms with E-state index < -0.39 is 11.4 Å². The maximum absolute atomic E-state index is 12.5. The number of aliphatic carboxylic acids is 1. The zero-order valence-electron chi connectivity index (χ0n) is 12.3. The minimum Gasteiger partial charge on any atom is -0.481 e. The van der Waals surface area contributed by atoms with Gasteiger partial charge in [0.1, 0.15) is 0 Å². The molecular weight excluding hydrogens is 268 g/mol. The molecule has 0 spiro atoms. The number of hydrogen-bond donors (Lipinski definition) is 3. The lowest BCUT2D eigenvalue weighted by Crippen LogP contribution is -2.42. The molecular formula is C16H22N2O3. The monoisotopic (exact) mass is 290 g/mol. The van der Waals surface area contributed by atoms with E-state index in [1.165, 1.54) is 0 Å². The Bertz CT molecular complexity index is 496. The molecule has 3 N–H and O–H groups in total. The molecule has 0 radical (unpaired) electrons. The van der Waals surface area contributed by atoms with Crippen molar-refractivity contribution in [1.29, 1.82) is 0 Å². The van der Waals surface area contributed by atoms with E-state index in [0.29, 0.717) is 13.0 Å². The predicted molar refractivity (Wildman–Crippen MR) is 79.8 cm³/mol. The van der Waals surface area contributed by atoms with Crippen LogP contribution >= 0.6 is 0 Å². The predicted octanol–water partition coefficient (Wildman–Crippen LogP) is 1.71. The number of nitrogens with one attached hydrogen (secondary N) is 2. The SMILES string of the molecule is CC1(C(=O)NC(CCC(=O)O)c2ccccc2)CCNC1. The normalized spacial score (nSPS) is 22.7. The maximum atomic E-state index is 12.5. The van der Waals surface area contributed by atoms with Gasteiger partial charge in [-0.2, -0.15) is 0 Å². The zero-order chi connectivity index (χ0) is 15.3. The summed E-state index contributed by atoms with van der Waals surface area (Å²) in [6.45, 7) is 3.45. The Labute approximate surface area is 124 Å². The van der Waals surface area contributed by atoms with E-state index in [9.17, 15) is 9.59 Å². The Balaban J connectivity index is 2.08. The van der Waals surface area contributed by atoms with E-state index in [1.807, 2.05) is 37.3 Å². The van der Waals surface area contributed by atoms with Gasteiger partial charge in [0, 0.05) is 13.0 Å². The van der Waals surface area contributed by atoms with E-state index in [1.54, 1.807) is 0 Å². The number of hydrogen-bond acceptors (Lipinski definition) is 3. The number of amides is 1. The first-order valence-electron chi connectivity index (χ1n) is 7.30. The molecule has 0 aliphatic carbocycles. The molecule has 2 unspecified atom stereocenters. The highest BCUT2D eigenvalue weighted by Gasteiger charge is 2.37. The Morgan fingerprint density at radius 2 is 2.10 bits per heavy atom. The van der Waals surface area contributed by atoms with Gasteiger partial charge in [-0.15, -0.1) is 0 Å². The highest BCUT2D eigenvalue weighted by atomic mass is 16.4. The first-order valence-corrected chi connectivity index (χ1v) is 7.30. The fraction of sp³-hybridized carbons (Fsp3) is 0.500. The second-order valence-electron chi connectivity index (χ2n) is 5.86. The first kappa shape index (κ1) is 15.5. The Kier molecular flexibility index (Phi) is 4.96. The lowest BCUT2D eigenvalue weighted by molar-refractivity contribution is -0.137. The molecule has 21 heavy (non-hydrogen) atoms. The molecule has 114 valence electrons. The number of carbonyl (C=O) groups is 2. The van der Waals surface area contributed by atoms with Crippen LogP contribution in [0.2, 0.25) is 0 Å². The van der Waals surface area contributed by atoms with E-state index in [-0.39, 0.29) is 18.4 Å². The van der Waals surface area contributed by atoms with Gasteiger partial charge in [0.05, 0.1) is 11.5 Å². The van der Waals surface area contributed by atoms with Gasteiger partial charge in [-0.1, -0.05) is 30.3 Å². The molecule has 2 rings (SSSR count). The van der Waals surface area contributed by atoms with Crippen LogP contribution in [-0.4, -0.2) is 30.1 Å². The Hall–Kier alpha value is -1.88. The highest BCUT2D eigenvalue weighted by Crippen LogP contribution is 2.27. The van der Waals surface area contributed by atoms with E-state index in [2.05, 4.69) is 10.6 Å². The molecule has 1 amide bonds. The molecule has 1 saturated heterocycles. The molecule has 0 saturated carbocycles. The number of carboxylic acid groups (broad SMARTS) is 1. The van der Waals surface area contributed by atoms with E-state index in [0.717, 1.165) is 18.5 Å². The summed E-state index contributed by atoms with van der Waals surface area (Å²) in [6, 6.07) is 9.28. The number of benzene rings is 1. The molecule has 0 bridgehead atoms. The van der Waals surface area contributed by atoms with Crippen molar-refractivity contribution < 1.29 is 14.7 Å². The maximum Gasteiger partial charge on any atom is 0.303 e. The smallest absolute Gasteiger partial charge is 0.303 e. The summed E-state index contributed by atoms with van der Waals surface area (Å²) in [7, 11) is 0. The topological polar surface area (TPSA) is 78.4 Å². The van der Waals surface area contributed by atoms with E-state index >= 15 is 0 Å². The largest absolute Gasteiger partial charge is 0.481 e. The molecule has 1 aliphatic heterocycles. The summed E-state index contributed by atoms with van der Waals surface area (Å²) in [6.07, 6.45) is 1.24. The average molecular weight is 290 g/mol. The second kappa shape index (κ2) is 6.72. The summed E-state index contributed by atoms with van der Waals surface area (Å²) < 4.78 is 0. The standard InChI is InChI=1S/C16H22N2O3/c1-16(9-10-17-11-16)15(21)18-13(7-8-14(19)20)12-5-3-2-4-6-12/h2-6,13,17H,7-11H2,1H3,(H,18,21)(H,19,20). The van der Waals surface area contributed by atoms with Gasteiger partial charge in [-0.05, 0) is 31.9 Å². The fourth-order valence-electron chi connectivity index (χ4n) is 2.62. The van der Waals surface area contributed by atoms with Crippen molar-refractivity contribution in [3.05, 3.63) is 35.9 Å². The third-order valence-corrected chi connectivity index (χ3v) is 4.07. The third-order valence-electron chi connectivity index (χ3n) is 4.07. The molecule has 2 atom stereocenters. The summed E-state index contributed by atoms with van der Waals surface area (Å²) in [5.41, 5.74) is 0.539. The van der Waals surface area contributed by atoms with Crippen LogP contribution in [0, 0.1) is 5.41 Å². The lowest BCUT2D eigenvalue weighted by Gasteiger charge is -2.26. The summed E-state index contributed by atoms with van der Waals surface area (Å²) in [4.78, 5) is 23.3. The quantitative estimate of drug-likeness (QED) is 0.745. The van der Waals surface area contributed by atoms with Gasteiger partial charge < -0.3 is 15.7 Å². The number of carboxylic acids is 1. The van der Waals surface area contributed by atoms with Crippen LogP contribution in [0.4, 0.5) is 0 Å². The van der Waals surface area contributed by atoms with Gasteiger partial charge in [0.25, 0.3) is 0 Å².